The maximum atomic E-state index is 5.36. The summed E-state index contributed by atoms with van der Waals surface area (Å²) in [5.74, 6) is 0.824. The predicted octanol–water partition coefficient (Wildman–Crippen LogP) is 2.53. The van der Waals surface area contributed by atoms with E-state index in [0.29, 0.717) is 19.8 Å². The molecule has 1 rings (SSSR count). The Morgan fingerprint density at radius 1 is 1.18 bits per heavy atom. The Balaban J connectivity index is 2.32. The highest BCUT2D eigenvalue weighted by atomic mass is 79.9. The molecule has 0 spiro atoms. The van der Waals surface area contributed by atoms with Gasteiger partial charge in [-0.15, -0.1) is 0 Å². The van der Waals surface area contributed by atoms with Gasteiger partial charge < -0.3 is 19.5 Å². The number of rotatable bonds is 8. The van der Waals surface area contributed by atoms with Crippen LogP contribution in [0.15, 0.2) is 22.7 Å². The third-order valence-corrected chi connectivity index (χ3v) is 2.65. The van der Waals surface area contributed by atoms with E-state index < -0.39 is 0 Å². The van der Waals surface area contributed by atoms with E-state index in [1.165, 1.54) is 0 Å². The Morgan fingerprint density at radius 2 is 2.00 bits per heavy atom. The van der Waals surface area contributed by atoms with Gasteiger partial charge in [0.15, 0.2) is 0 Å². The number of anilines is 1. The standard InChI is InChI=1S/C12H18BrNO3/c1-15-7-8-17-6-5-14-11-9-10(13)3-4-12(11)16-2/h3-4,9,14H,5-8H2,1-2H3. The van der Waals surface area contributed by atoms with Crippen molar-refractivity contribution < 1.29 is 14.2 Å². The zero-order valence-electron chi connectivity index (χ0n) is 10.2. The fourth-order valence-electron chi connectivity index (χ4n) is 1.32. The Morgan fingerprint density at radius 3 is 2.71 bits per heavy atom. The van der Waals surface area contributed by atoms with Gasteiger partial charge in [0.25, 0.3) is 0 Å². The monoisotopic (exact) mass is 303 g/mol. The highest BCUT2D eigenvalue weighted by Gasteiger charge is 2.02. The van der Waals surface area contributed by atoms with Crippen LogP contribution in [-0.4, -0.2) is 40.6 Å². The zero-order chi connectivity index (χ0) is 12.5. The van der Waals surface area contributed by atoms with Gasteiger partial charge in [-0.25, -0.2) is 0 Å². The van der Waals surface area contributed by atoms with Crippen molar-refractivity contribution in [1.82, 2.24) is 0 Å². The first-order chi connectivity index (χ1) is 8.27. The molecule has 0 aliphatic carbocycles. The van der Waals surface area contributed by atoms with Crippen LogP contribution in [0.4, 0.5) is 5.69 Å². The van der Waals surface area contributed by atoms with E-state index >= 15 is 0 Å². The summed E-state index contributed by atoms with van der Waals surface area (Å²) in [6.45, 7) is 2.61. The van der Waals surface area contributed by atoms with Gasteiger partial charge in [-0.05, 0) is 18.2 Å². The first-order valence-electron chi connectivity index (χ1n) is 5.42. The average Bonchev–Trinajstić information content (AvgIpc) is 2.34. The second-order valence-electron chi connectivity index (χ2n) is 3.38. The van der Waals surface area contributed by atoms with E-state index in [1.807, 2.05) is 18.2 Å². The zero-order valence-corrected chi connectivity index (χ0v) is 11.7. The smallest absolute Gasteiger partial charge is 0.142 e. The minimum Gasteiger partial charge on any atom is -0.495 e. The number of benzene rings is 1. The molecule has 1 aromatic rings. The molecule has 0 aliphatic heterocycles. The molecule has 1 N–H and O–H groups in total. The van der Waals surface area contributed by atoms with Crippen molar-refractivity contribution in [2.45, 2.75) is 0 Å². The molecule has 0 amide bonds. The van der Waals surface area contributed by atoms with Crippen molar-refractivity contribution in [1.29, 1.82) is 0 Å². The fourth-order valence-corrected chi connectivity index (χ4v) is 1.68. The average molecular weight is 304 g/mol. The van der Waals surface area contributed by atoms with E-state index in [-0.39, 0.29) is 0 Å². The number of nitrogens with one attached hydrogen (secondary N) is 1. The van der Waals surface area contributed by atoms with Crippen LogP contribution in [0.2, 0.25) is 0 Å². The van der Waals surface area contributed by atoms with Gasteiger partial charge in [0.05, 0.1) is 32.6 Å². The fraction of sp³-hybridized carbons (Fsp3) is 0.500. The lowest BCUT2D eigenvalue weighted by molar-refractivity contribution is 0.0759. The Labute approximate surface area is 110 Å². The molecule has 5 heteroatoms. The molecule has 0 bridgehead atoms. The molecule has 0 radical (unpaired) electrons. The second kappa shape index (κ2) is 8.33. The lowest BCUT2D eigenvalue weighted by Gasteiger charge is -2.11. The number of hydrogen-bond acceptors (Lipinski definition) is 4. The third kappa shape index (κ3) is 5.39. The first kappa shape index (κ1) is 14.3. The van der Waals surface area contributed by atoms with Crippen LogP contribution in [-0.2, 0) is 9.47 Å². The minimum atomic E-state index is 0.619. The molecule has 0 saturated carbocycles. The van der Waals surface area contributed by atoms with Gasteiger partial charge in [-0.1, -0.05) is 15.9 Å². The molecule has 0 aromatic heterocycles. The first-order valence-corrected chi connectivity index (χ1v) is 6.21. The summed E-state index contributed by atoms with van der Waals surface area (Å²) >= 11 is 3.43. The van der Waals surface area contributed by atoms with E-state index in [0.717, 1.165) is 22.5 Å². The third-order valence-electron chi connectivity index (χ3n) is 2.16. The maximum Gasteiger partial charge on any atom is 0.142 e. The van der Waals surface area contributed by atoms with Crippen LogP contribution in [0, 0.1) is 0 Å². The molecule has 17 heavy (non-hydrogen) atoms. The van der Waals surface area contributed by atoms with Crippen molar-refractivity contribution in [3.8, 4) is 5.75 Å². The van der Waals surface area contributed by atoms with Crippen molar-refractivity contribution in [3.05, 3.63) is 22.7 Å². The molecular weight excluding hydrogens is 286 g/mol. The van der Waals surface area contributed by atoms with Crippen LogP contribution in [0.3, 0.4) is 0 Å². The van der Waals surface area contributed by atoms with E-state index in [4.69, 9.17) is 14.2 Å². The number of methoxy groups -OCH3 is 2. The Kier molecular flexibility index (Phi) is 7.00. The highest BCUT2D eigenvalue weighted by molar-refractivity contribution is 9.10. The number of ether oxygens (including phenoxy) is 3. The van der Waals surface area contributed by atoms with Gasteiger partial charge in [0.1, 0.15) is 5.75 Å². The predicted molar refractivity (Wildman–Crippen MR) is 71.9 cm³/mol. The van der Waals surface area contributed by atoms with E-state index in [1.54, 1.807) is 14.2 Å². The largest absolute Gasteiger partial charge is 0.495 e. The minimum absolute atomic E-state index is 0.619. The van der Waals surface area contributed by atoms with Crippen LogP contribution < -0.4 is 10.1 Å². The highest BCUT2D eigenvalue weighted by Crippen LogP contribution is 2.27. The van der Waals surface area contributed by atoms with Gasteiger partial charge in [-0.3, -0.25) is 0 Å². The topological polar surface area (TPSA) is 39.7 Å². The summed E-state index contributed by atoms with van der Waals surface area (Å²) in [6, 6.07) is 5.84. The molecule has 1 aromatic carbocycles. The van der Waals surface area contributed by atoms with Crippen molar-refractivity contribution in [2.75, 3.05) is 45.9 Å². The normalized spacial score (nSPS) is 10.3. The quantitative estimate of drug-likeness (QED) is 0.749. The van der Waals surface area contributed by atoms with E-state index in [9.17, 15) is 0 Å². The molecule has 96 valence electrons. The summed E-state index contributed by atoms with van der Waals surface area (Å²) in [5.41, 5.74) is 0.956. The van der Waals surface area contributed by atoms with Crippen molar-refractivity contribution in [3.63, 3.8) is 0 Å². The molecular formula is C12H18BrNO3. The number of hydrogen-bond donors (Lipinski definition) is 1. The summed E-state index contributed by atoms with van der Waals surface area (Å²) in [5, 5.41) is 3.26. The summed E-state index contributed by atoms with van der Waals surface area (Å²) in [6.07, 6.45) is 0. The van der Waals surface area contributed by atoms with Gasteiger partial charge in [-0.2, -0.15) is 0 Å². The Hall–Kier alpha value is -0.780. The number of halogens is 1. The summed E-state index contributed by atoms with van der Waals surface area (Å²) in [4.78, 5) is 0. The van der Waals surface area contributed by atoms with Gasteiger partial charge >= 0.3 is 0 Å². The molecule has 0 fully saturated rings. The van der Waals surface area contributed by atoms with Crippen LogP contribution in [0.5, 0.6) is 5.75 Å². The Bertz CT molecular complexity index is 334. The molecule has 0 atom stereocenters. The molecule has 0 aliphatic rings. The van der Waals surface area contributed by atoms with Gasteiger partial charge in [0.2, 0.25) is 0 Å². The van der Waals surface area contributed by atoms with Gasteiger partial charge in [0, 0.05) is 18.1 Å². The van der Waals surface area contributed by atoms with Crippen molar-refractivity contribution in [2.24, 2.45) is 0 Å². The summed E-state index contributed by atoms with van der Waals surface area (Å²) < 4.78 is 16.5. The lowest BCUT2D eigenvalue weighted by atomic mass is 10.3. The summed E-state index contributed by atoms with van der Waals surface area (Å²) in [7, 11) is 3.32. The molecule has 0 saturated heterocycles. The molecule has 0 heterocycles. The lowest BCUT2D eigenvalue weighted by Crippen LogP contribution is -2.12. The second-order valence-corrected chi connectivity index (χ2v) is 4.29. The molecule has 0 unspecified atom stereocenters. The van der Waals surface area contributed by atoms with Crippen molar-refractivity contribution >= 4 is 21.6 Å². The van der Waals surface area contributed by atoms with Crippen LogP contribution in [0.1, 0.15) is 0 Å². The maximum absolute atomic E-state index is 5.36. The molecule has 4 nitrogen and oxygen atoms in total. The van der Waals surface area contributed by atoms with E-state index in [2.05, 4.69) is 21.2 Å². The van der Waals surface area contributed by atoms with Crippen LogP contribution >= 0.6 is 15.9 Å². The SMILES string of the molecule is COCCOCCNc1cc(Br)ccc1OC. The van der Waals surface area contributed by atoms with Crippen LogP contribution in [0.25, 0.3) is 0 Å².